The van der Waals surface area contributed by atoms with Gasteiger partial charge in [-0.05, 0) is 41.1 Å². The van der Waals surface area contributed by atoms with Crippen molar-refractivity contribution in [2.75, 3.05) is 0 Å². The van der Waals surface area contributed by atoms with Gasteiger partial charge in [0.05, 0.1) is 0 Å². The van der Waals surface area contributed by atoms with E-state index in [4.69, 9.17) is 0 Å². The Kier molecular flexibility index (Phi) is 2.56. The standard InChI is InChI=1S/C16H12FN/c1-11-13(5-3-7-16(11)17)15-6-2-4-12-10-18-9-8-14(12)15/h2-10H,1H3. The summed E-state index contributed by atoms with van der Waals surface area (Å²) >= 11 is 0. The topological polar surface area (TPSA) is 12.9 Å². The van der Waals surface area contributed by atoms with Gasteiger partial charge in [-0.25, -0.2) is 4.39 Å². The molecule has 0 bridgehead atoms. The maximum absolute atomic E-state index is 13.7. The van der Waals surface area contributed by atoms with Crippen molar-refractivity contribution >= 4 is 10.8 Å². The summed E-state index contributed by atoms with van der Waals surface area (Å²) in [6, 6.07) is 13.2. The molecule has 0 saturated carbocycles. The van der Waals surface area contributed by atoms with Gasteiger partial charge < -0.3 is 0 Å². The first-order valence-corrected chi connectivity index (χ1v) is 5.85. The summed E-state index contributed by atoms with van der Waals surface area (Å²) in [6.45, 7) is 1.81. The summed E-state index contributed by atoms with van der Waals surface area (Å²) in [5, 5.41) is 2.17. The molecule has 0 saturated heterocycles. The molecule has 2 aromatic carbocycles. The third-order valence-electron chi connectivity index (χ3n) is 3.24. The zero-order valence-electron chi connectivity index (χ0n) is 10.0. The van der Waals surface area contributed by atoms with Crippen LogP contribution in [0, 0.1) is 12.7 Å². The molecule has 1 nitrogen and oxygen atoms in total. The van der Waals surface area contributed by atoms with E-state index in [1.165, 1.54) is 6.07 Å². The molecule has 0 radical (unpaired) electrons. The third kappa shape index (κ3) is 1.66. The molecular formula is C16H12FN. The molecule has 0 spiro atoms. The summed E-state index contributed by atoms with van der Waals surface area (Å²) < 4.78 is 13.7. The Morgan fingerprint density at radius 2 is 1.72 bits per heavy atom. The molecule has 3 aromatic rings. The van der Waals surface area contributed by atoms with Crippen LogP contribution in [0.15, 0.2) is 54.9 Å². The van der Waals surface area contributed by atoms with Crippen molar-refractivity contribution in [3.8, 4) is 11.1 Å². The van der Waals surface area contributed by atoms with Crippen molar-refractivity contribution in [1.29, 1.82) is 0 Å². The molecule has 3 rings (SSSR count). The predicted octanol–water partition coefficient (Wildman–Crippen LogP) is 4.35. The Bertz CT molecular complexity index is 714. The lowest BCUT2D eigenvalue weighted by Gasteiger charge is -2.10. The molecule has 0 aliphatic rings. The normalized spacial score (nSPS) is 10.8. The van der Waals surface area contributed by atoms with E-state index in [-0.39, 0.29) is 5.82 Å². The Labute approximate surface area is 105 Å². The molecule has 0 atom stereocenters. The lowest BCUT2D eigenvalue weighted by molar-refractivity contribution is 0.619. The second-order valence-corrected chi connectivity index (χ2v) is 4.31. The van der Waals surface area contributed by atoms with Crippen LogP contribution in [0.2, 0.25) is 0 Å². The SMILES string of the molecule is Cc1c(F)cccc1-c1cccc2cnccc12. The fourth-order valence-corrected chi connectivity index (χ4v) is 2.26. The van der Waals surface area contributed by atoms with Crippen molar-refractivity contribution in [2.24, 2.45) is 0 Å². The summed E-state index contributed by atoms with van der Waals surface area (Å²) in [6.07, 6.45) is 3.59. The van der Waals surface area contributed by atoms with Crippen molar-refractivity contribution < 1.29 is 4.39 Å². The minimum atomic E-state index is -0.168. The predicted molar refractivity (Wildman–Crippen MR) is 71.9 cm³/mol. The monoisotopic (exact) mass is 237 g/mol. The van der Waals surface area contributed by atoms with E-state index in [0.29, 0.717) is 5.56 Å². The number of hydrogen-bond acceptors (Lipinski definition) is 1. The van der Waals surface area contributed by atoms with E-state index >= 15 is 0 Å². The van der Waals surface area contributed by atoms with E-state index in [2.05, 4.69) is 4.98 Å². The summed E-state index contributed by atoms with van der Waals surface area (Å²) in [5.74, 6) is -0.168. The fraction of sp³-hybridized carbons (Fsp3) is 0.0625. The van der Waals surface area contributed by atoms with Gasteiger partial charge in [0.25, 0.3) is 0 Å². The Balaban J connectivity index is 2.35. The number of halogens is 1. The molecule has 0 aliphatic carbocycles. The average Bonchev–Trinajstić information content (AvgIpc) is 2.41. The van der Waals surface area contributed by atoms with Crippen molar-refractivity contribution in [1.82, 2.24) is 4.98 Å². The molecule has 1 aromatic heterocycles. The smallest absolute Gasteiger partial charge is 0.126 e. The van der Waals surface area contributed by atoms with E-state index in [1.807, 2.05) is 43.5 Å². The Morgan fingerprint density at radius 3 is 2.61 bits per heavy atom. The number of benzene rings is 2. The van der Waals surface area contributed by atoms with Crippen LogP contribution in [0.4, 0.5) is 4.39 Å². The van der Waals surface area contributed by atoms with Crippen LogP contribution in [0.1, 0.15) is 5.56 Å². The van der Waals surface area contributed by atoms with E-state index < -0.39 is 0 Å². The highest BCUT2D eigenvalue weighted by Gasteiger charge is 2.08. The van der Waals surface area contributed by atoms with Gasteiger partial charge in [-0.15, -0.1) is 0 Å². The highest BCUT2D eigenvalue weighted by molar-refractivity contribution is 5.96. The minimum absolute atomic E-state index is 0.168. The number of fused-ring (bicyclic) bond motifs is 1. The molecule has 0 fully saturated rings. The van der Waals surface area contributed by atoms with Gasteiger partial charge in [-0.2, -0.15) is 0 Å². The van der Waals surface area contributed by atoms with Crippen LogP contribution >= 0.6 is 0 Å². The molecule has 88 valence electrons. The highest BCUT2D eigenvalue weighted by Crippen LogP contribution is 2.31. The second-order valence-electron chi connectivity index (χ2n) is 4.31. The van der Waals surface area contributed by atoms with Crippen molar-refractivity contribution in [3.63, 3.8) is 0 Å². The van der Waals surface area contributed by atoms with Gasteiger partial charge in [0.2, 0.25) is 0 Å². The molecule has 1 heterocycles. The molecule has 18 heavy (non-hydrogen) atoms. The average molecular weight is 237 g/mol. The molecule has 2 heteroatoms. The molecule has 0 aliphatic heterocycles. The van der Waals surface area contributed by atoms with Gasteiger partial charge in [0.1, 0.15) is 5.82 Å². The first kappa shape index (κ1) is 10.9. The van der Waals surface area contributed by atoms with Gasteiger partial charge in [-0.1, -0.05) is 30.3 Å². The number of aromatic nitrogens is 1. The van der Waals surface area contributed by atoms with Gasteiger partial charge in [-0.3, -0.25) is 4.98 Å². The highest BCUT2D eigenvalue weighted by atomic mass is 19.1. The van der Waals surface area contributed by atoms with Gasteiger partial charge in [0.15, 0.2) is 0 Å². The summed E-state index contributed by atoms with van der Waals surface area (Å²) in [7, 11) is 0. The third-order valence-corrected chi connectivity index (χ3v) is 3.24. The van der Waals surface area contributed by atoms with Crippen LogP contribution in [0.5, 0.6) is 0 Å². The maximum atomic E-state index is 13.7. The molecular weight excluding hydrogens is 225 g/mol. The zero-order chi connectivity index (χ0) is 12.5. The van der Waals surface area contributed by atoms with Crippen LogP contribution < -0.4 is 0 Å². The Morgan fingerprint density at radius 1 is 0.944 bits per heavy atom. The second kappa shape index (κ2) is 4.22. The number of hydrogen-bond donors (Lipinski definition) is 0. The Hall–Kier alpha value is -2.22. The fourth-order valence-electron chi connectivity index (χ4n) is 2.26. The lowest BCUT2D eigenvalue weighted by atomic mass is 9.96. The van der Waals surface area contributed by atoms with Crippen molar-refractivity contribution in [2.45, 2.75) is 6.92 Å². The van der Waals surface area contributed by atoms with Crippen LogP contribution in [0.25, 0.3) is 21.9 Å². The minimum Gasteiger partial charge on any atom is -0.264 e. The summed E-state index contributed by atoms with van der Waals surface area (Å²) in [5.41, 5.74) is 2.67. The van der Waals surface area contributed by atoms with Crippen LogP contribution in [0.3, 0.4) is 0 Å². The number of nitrogens with zero attached hydrogens (tertiary/aromatic N) is 1. The van der Waals surface area contributed by atoms with Crippen LogP contribution in [-0.4, -0.2) is 4.98 Å². The molecule has 0 N–H and O–H groups in total. The summed E-state index contributed by atoms with van der Waals surface area (Å²) in [4.78, 5) is 4.11. The van der Waals surface area contributed by atoms with Gasteiger partial charge in [0, 0.05) is 17.8 Å². The number of rotatable bonds is 1. The zero-order valence-corrected chi connectivity index (χ0v) is 10.0. The largest absolute Gasteiger partial charge is 0.264 e. The quantitative estimate of drug-likeness (QED) is 0.613. The van der Waals surface area contributed by atoms with E-state index in [1.54, 1.807) is 12.3 Å². The lowest BCUT2D eigenvalue weighted by Crippen LogP contribution is -1.89. The molecule has 0 amide bonds. The number of pyridine rings is 1. The van der Waals surface area contributed by atoms with Gasteiger partial charge >= 0.3 is 0 Å². The van der Waals surface area contributed by atoms with E-state index in [0.717, 1.165) is 21.9 Å². The van der Waals surface area contributed by atoms with E-state index in [9.17, 15) is 4.39 Å². The van der Waals surface area contributed by atoms with Crippen LogP contribution in [-0.2, 0) is 0 Å². The van der Waals surface area contributed by atoms with Crippen molar-refractivity contribution in [3.05, 3.63) is 66.2 Å². The maximum Gasteiger partial charge on any atom is 0.126 e. The first-order chi connectivity index (χ1) is 8.77. The first-order valence-electron chi connectivity index (χ1n) is 5.85. The molecule has 0 unspecified atom stereocenters.